The molecule has 0 bridgehead atoms. The molecule has 2 aliphatic heterocycles. The number of ether oxygens (including phenoxy) is 1. The van der Waals surface area contributed by atoms with Crippen LogP contribution in [0.25, 0.3) is 11.4 Å². The van der Waals surface area contributed by atoms with Crippen LogP contribution in [0.5, 0.6) is 0 Å². The van der Waals surface area contributed by atoms with E-state index in [4.69, 9.17) is 9.26 Å². The molecule has 0 unspecified atom stereocenters. The summed E-state index contributed by atoms with van der Waals surface area (Å²) in [6.07, 6.45) is 1.70. The Labute approximate surface area is 159 Å². The zero-order valence-electron chi connectivity index (χ0n) is 15.8. The Morgan fingerprint density at radius 3 is 2.52 bits per heavy atom. The van der Waals surface area contributed by atoms with E-state index >= 15 is 0 Å². The van der Waals surface area contributed by atoms with E-state index in [1.807, 2.05) is 29.2 Å². The Kier molecular flexibility index (Phi) is 5.50. The van der Waals surface area contributed by atoms with E-state index in [1.165, 1.54) is 5.56 Å². The minimum absolute atomic E-state index is 0.137. The molecule has 1 aromatic heterocycles. The van der Waals surface area contributed by atoms with E-state index in [-0.39, 0.29) is 11.8 Å². The molecular formula is C20H26N4O3. The first-order valence-corrected chi connectivity index (χ1v) is 9.67. The van der Waals surface area contributed by atoms with Crippen molar-refractivity contribution in [1.29, 1.82) is 0 Å². The zero-order chi connectivity index (χ0) is 18.6. The topological polar surface area (TPSA) is 71.7 Å². The van der Waals surface area contributed by atoms with Gasteiger partial charge in [-0.15, -0.1) is 0 Å². The van der Waals surface area contributed by atoms with Gasteiger partial charge in [0.1, 0.15) is 0 Å². The van der Waals surface area contributed by atoms with Gasteiger partial charge in [-0.25, -0.2) is 0 Å². The van der Waals surface area contributed by atoms with E-state index in [9.17, 15) is 4.79 Å². The van der Waals surface area contributed by atoms with Crippen LogP contribution in [-0.4, -0.2) is 65.2 Å². The lowest BCUT2D eigenvalue weighted by Gasteiger charge is -2.36. The Bertz CT molecular complexity index is 760. The van der Waals surface area contributed by atoms with Crippen LogP contribution >= 0.6 is 0 Å². The lowest BCUT2D eigenvalue weighted by Crippen LogP contribution is -2.50. The first-order chi connectivity index (χ1) is 13.2. The number of amides is 1. The molecule has 2 fully saturated rings. The fourth-order valence-electron chi connectivity index (χ4n) is 3.66. The summed E-state index contributed by atoms with van der Waals surface area (Å²) >= 11 is 0. The third kappa shape index (κ3) is 4.36. The summed E-state index contributed by atoms with van der Waals surface area (Å²) in [5.74, 6) is 1.67. The summed E-state index contributed by atoms with van der Waals surface area (Å²) in [5.41, 5.74) is 2.16. The molecule has 144 valence electrons. The minimum atomic E-state index is 0.137. The molecule has 2 saturated heterocycles. The Hall–Kier alpha value is -2.25. The fraction of sp³-hybridized carbons (Fsp3) is 0.550. The predicted octanol–water partition coefficient (Wildman–Crippen LogP) is 2.12. The molecule has 0 atom stereocenters. The number of benzene rings is 1. The molecule has 0 spiro atoms. The summed E-state index contributed by atoms with van der Waals surface area (Å²) in [4.78, 5) is 21.4. The third-order valence-corrected chi connectivity index (χ3v) is 5.39. The van der Waals surface area contributed by atoms with Crippen LogP contribution in [0.15, 0.2) is 28.8 Å². The normalized spacial score (nSPS) is 19.4. The molecule has 2 aliphatic rings. The highest BCUT2D eigenvalue weighted by Crippen LogP contribution is 2.20. The minimum Gasteiger partial charge on any atom is -0.381 e. The summed E-state index contributed by atoms with van der Waals surface area (Å²) in [5, 5.41) is 4.10. The van der Waals surface area contributed by atoms with Gasteiger partial charge in [-0.2, -0.15) is 4.98 Å². The van der Waals surface area contributed by atoms with Gasteiger partial charge in [0, 0.05) is 50.9 Å². The highest BCUT2D eigenvalue weighted by Gasteiger charge is 2.29. The number of carbonyl (C=O) groups is 1. The number of hydrogen-bond acceptors (Lipinski definition) is 6. The number of piperazine rings is 1. The maximum atomic E-state index is 12.6. The third-order valence-electron chi connectivity index (χ3n) is 5.39. The van der Waals surface area contributed by atoms with Crippen LogP contribution in [0.1, 0.15) is 24.3 Å². The average Bonchev–Trinajstić information content (AvgIpc) is 3.18. The number of aromatic nitrogens is 2. The van der Waals surface area contributed by atoms with E-state index < -0.39 is 0 Å². The van der Waals surface area contributed by atoms with Crippen LogP contribution in [0, 0.1) is 12.8 Å². The smallest absolute Gasteiger partial charge is 0.241 e. The van der Waals surface area contributed by atoms with E-state index in [0.29, 0.717) is 31.5 Å². The molecule has 1 aromatic carbocycles. The second kappa shape index (κ2) is 8.19. The van der Waals surface area contributed by atoms with Gasteiger partial charge in [0.25, 0.3) is 0 Å². The molecule has 1 amide bonds. The molecule has 3 heterocycles. The predicted molar refractivity (Wildman–Crippen MR) is 99.9 cm³/mol. The zero-order valence-corrected chi connectivity index (χ0v) is 15.8. The van der Waals surface area contributed by atoms with Gasteiger partial charge >= 0.3 is 0 Å². The lowest BCUT2D eigenvalue weighted by atomic mass is 9.98. The number of rotatable bonds is 4. The van der Waals surface area contributed by atoms with Crippen molar-refractivity contribution in [3.8, 4) is 11.4 Å². The van der Waals surface area contributed by atoms with Crippen molar-refractivity contribution < 1.29 is 14.1 Å². The first kappa shape index (κ1) is 18.1. The van der Waals surface area contributed by atoms with Gasteiger partial charge in [0.15, 0.2) is 0 Å². The van der Waals surface area contributed by atoms with Crippen LogP contribution in [0.4, 0.5) is 0 Å². The van der Waals surface area contributed by atoms with Gasteiger partial charge < -0.3 is 14.2 Å². The van der Waals surface area contributed by atoms with Crippen LogP contribution in [0.3, 0.4) is 0 Å². The van der Waals surface area contributed by atoms with E-state index in [2.05, 4.69) is 22.0 Å². The molecule has 27 heavy (non-hydrogen) atoms. The molecule has 0 N–H and O–H groups in total. The lowest BCUT2D eigenvalue weighted by molar-refractivity contribution is -0.140. The van der Waals surface area contributed by atoms with Crippen molar-refractivity contribution in [2.24, 2.45) is 5.92 Å². The highest BCUT2D eigenvalue weighted by molar-refractivity contribution is 5.79. The average molecular weight is 370 g/mol. The van der Waals surface area contributed by atoms with Gasteiger partial charge in [-0.3, -0.25) is 9.69 Å². The molecule has 0 aliphatic carbocycles. The summed E-state index contributed by atoms with van der Waals surface area (Å²) in [6.45, 7) is 7.27. The van der Waals surface area contributed by atoms with E-state index in [1.54, 1.807) is 0 Å². The number of aryl methyl sites for hydroxylation is 1. The largest absolute Gasteiger partial charge is 0.381 e. The van der Waals surface area contributed by atoms with Gasteiger partial charge in [0.2, 0.25) is 17.6 Å². The van der Waals surface area contributed by atoms with Crippen molar-refractivity contribution in [1.82, 2.24) is 19.9 Å². The molecule has 7 nitrogen and oxygen atoms in total. The van der Waals surface area contributed by atoms with Gasteiger partial charge in [0.05, 0.1) is 6.54 Å². The second-order valence-corrected chi connectivity index (χ2v) is 7.37. The maximum Gasteiger partial charge on any atom is 0.241 e. The molecule has 0 radical (unpaired) electrons. The maximum absolute atomic E-state index is 12.6. The SMILES string of the molecule is Cc1ccc(-c2noc(CN3CCN(C(=O)C4CCOCC4)CC3)n2)cc1. The quantitative estimate of drug-likeness (QED) is 0.821. The Balaban J connectivity index is 1.29. The van der Waals surface area contributed by atoms with Crippen molar-refractivity contribution in [2.45, 2.75) is 26.3 Å². The van der Waals surface area contributed by atoms with Crippen molar-refractivity contribution in [3.63, 3.8) is 0 Å². The molecular weight excluding hydrogens is 344 g/mol. The van der Waals surface area contributed by atoms with Crippen molar-refractivity contribution >= 4 is 5.91 Å². The number of hydrogen-bond donors (Lipinski definition) is 0. The molecule has 2 aromatic rings. The van der Waals surface area contributed by atoms with Crippen LogP contribution < -0.4 is 0 Å². The van der Waals surface area contributed by atoms with E-state index in [0.717, 1.165) is 44.6 Å². The Morgan fingerprint density at radius 2 is 1.81 bits per heavy atom. The molecule has 4 rings (SSSR count). The van der Waals surface area contributed by atoms with Crippen LogP contribution in [0.2, 0.25) is 0 Å². The van der Waals surface area contributed by atoms with Gasteiger partial charge in [-0.1, -0.05) is 35.0 Å². The second-order valence-electron chi connectivity index (χ2n) is 7.37. The molecule has 0 saturated carbocycles. The monoisotopic (exact) mass is 370 g/mol. The fourth-order valence-corrected chi connectivity index (χ4v) is 3.66. The summed E-state index contributed by atoms with van der Waals surface area (Å²) < 4.78 is 10.8. The van der Waals surface area contributed by atoms with Crippen molar-refractivity contribution in [3.05, 3.63) is 35.7 Å². The first-order valence-electron chi connectivity index (χ1n) is 9.67. The van der Waals surface area contributed by atoms with Gasteiger partial charge in [-0.05, 0) is 19.8 Å². The Morgan fingerprint density at radius 1 is 1.11 bits per heavy atom. The molecule has 7 heteroatoms. The van der Waals surface area contributed by atoms with Crippen LogP contribution in [-0.2, 0) is 16.1 Å². The van der Waals surface area contributed by atoms with Crippen molar-refractivity contribution in [2.75, 3.05) is 39.4 Å². The number of carbonyl (C=O) groups excluding carboxylic acids is 1. The highest BCUT2D eigenvalue weighted by atomic mass is 16.5. The standard InChI is InChI=1S/C20H26N4O3/c1-15-2-4-16(5-3-15)19-21-18(27-22-19)14-23-8-10-24(11-9-23)20(25)17-6-12-26-13-7-17/h2-5,17H,6-14H2,1H3. The summed E-state index contributed by atoms with van der Waals surface area (Å²) in [6, 6.07) is 8.09. The number of nitrogens with zero attached hydrogens (tertiary/aromatic N) is 4. The summed E-state index contributed by atoms with van der Waals surface area (Å²) in [7, 11) is 0.